The molecule has 1 heterocycles. The molecule has 0 radical (unpaired) electrons. The van der Waals surface area contributed by atoms with Crippen molar-refractivity contribution >= 4 is 33.4 Å². The van der Waals surface area contributed by atoms with Crippen LogP contribution in [-0.4, -0.2) is 39.5 Å². The summed E-state index contributed by atoms with van der Waals surface area (Å²) >= 11 is 5.07. The number of aliphatic hydroxyl groups is 1. The summed E-state index contributed by atoms with van der Waals surface area (Å²) in [6.45, 7) is 2.18. The van der Waals surface area contributed by atoms with E-state index in [1.165, 1.54) is 4.68 Å². The summed E-state index contributed by atoms with van der Waals surface area (Å²) in [6.07, 6.45) is 4.70. The second kappa shape index (κ2) is 7.81. The van der Waals surface area contributed by atoms with E-state index in [0.29, 0.717) is 10.2 Å². The molecule has 0 bridgehead atoms. The lowest BCUT2D eigenvalue weighted by atomic mass is 10.2. The first-order valence-electron chi connectivity index (χ1n) is 5.72. The van der Waals surface area contributed by atoms with Crippen LogP contribution in [0.4, 0.5) is 5.69 Å². The van der Waals surface area contributed by atoms with Crippen molar-refractivity contribution in [3.8, 4) is 0 Å². The molecule has 0 saturated heterocycles. The van der Waals surface area contributed by atoms with Gasteiger partial charge in [0.2, 0.25) is 0 Å². The first kappa shape index (κ1) is 15.5. The lowest BCUT2D eigenvalue weighted by Crippen LogP contribution is -2.27. The molecule has 1 aromatic heterocycles. The Hall–Kier alpha value is -0.530. The largest absolute Gasteiger partial charge is 0.394 e. The van der Waals surface area contributed by atoms with Crippen LogP contribution in [0.1, 0.15) is 13.3 Å². The number of aliphatic hydroxyl groups excluding tert-OH is 1. The highest BCUT2D eigenvalue weighted by Gasteiger charge is 2.10. The summed E-state index contributed by atoms with van der Waals surface area (Å²) in [5.74, 6) is 1.07. The Morgan fingerprint density at radius 3 is 3.00 bits per heavy atom. The zero-order valence-corrected chi connectivity index (χ0v) is 12.9. The SMILES string of the molecule is CSCCC(C)Nc1cnn(CCO)c(=O)c1Br. The van der Waals surface area contributed by atoms with Gasteiger partial charge in [0.05, 0.1) is 25.0 Å². The summed E-state index contributed by atoms with van der Waals surface area (Å²) in [5.41, 5.74) is 0.467. The fourth-order valence-electron chi connectivity index (χ4n) is 1.45. The smallest absolute Gasteiger partial charge is 0.283 e. The molecule has 0 fully saturated rings. The maximum Gasteiger partial charge on any atom is 0.283 e. The lowest BCUT2D eigenvalue weighted by Gasteiger charge is -2.16. The minimum atomic E-state index is -0.230. The van der Waals surface area contributed by atoms with Crippen LogP contribution in [0.15, 0.2) is 15.5 Å². The molecule has 0 aromatic carbocycles. The van der Waals surface area contributed by atoms with Crippen molar-refractivity contribution in [2.45, 2.75) is 25.9 Å². The molecule has 2 N–H and O–H groups in total. The van der Waals surface area contributed by atoms with Crippen LogP contribution in [0, 0.1) is 0 Å². The molecule has 1 rings (SSSR count). The van der Waals surface area contributed by atoms with Crippen LogP contribution in [0.2, 0.25) is 0 Å². The monoisotopic (exact) mass is 335 g/mol. The zero-order chi connectivity index (χ0) is 13.5. The average Bonchev–Trinajstić information content (AvgIpc) is 2.36. The molecule has 0 amide bonds. The molecule has 18 heavy (non-hydrogen) atoms. The third kappa shape index (κ3) is 4.29. The van der Waals surface area contributed by atoms with Gasteiger partial charge in [-0.3, -0.25) is 4.79 Å². The van der Waals surface area contributed by atoms with Gasteiger partial charge >= 0.3 is 0 Å². The Kier molecular flexibility index (Phi) is 6.73. The minimum Gasteiger partial charge on any atom is -0.394 e. The van der Waals surface area contributed by atoms with Crippen LogP contribution in [0.3, 0.4) is 0 Å². The van der Waals surface area contributed by atoms with E-state index in [-0.39, 0.29) is 24.8 Å². The predicted octanol–water partition coefficient (Wildman–Crippen LogP) is 1.55. The second-order valence-electron chi connectivity index (χ2n) is 3.95. The van der Waals surface area contributed by atoms with E-state index in [9.17, 15) is 4.79 Å². The molecule has 102 valence electrons. The molecule has 0 aliphatic rings. The quantitative estimate of drug-likeness (QED) is 0.791. The first-order valence-corrected chi connectivity index (χ1v) is 7.90. The summed E-state index contributed by atoms with van der Waals surface area (Å²) in [5, 5.41) is 16.1. The van der Waals surface area contributed by atoms with E-state index >= 15 is 0 Å². The van der Waals surface area contributed by atoms with Gasteiger partial charge < -0.3 is 10.4 Å². The van der Waals surface area contributed by atoms with Crippen LogP contribution in [-0.2, 0) is 6.54 Å². The first-order chi connectivity index (χ1) is 8.60. The number of hydrogen-bond donors (Lipinski definition) is 2. The van der Waals surface area contributed by atoms with Crippen molar-refractivity contribution in [3.63, 3.8) is 0 Å². The molecule has 1 unspecified atom stereocenters. The van der Waals surface area contributed by atoms with E-state index in [0.717, 1.165) is 12.2 Å². The van der Waals surface area contributed by atoms with E-state index in [2.05, 4.69) is 39.5 Å². The maximum absolute atomic E-state index is 11.9. The topological polar surface area (TPSA) is 67.2 Å². The van der Waals surface area contributed by atoms with E-state index in [4.69, 9.17) is 5.11 Å². The Morgan fingerprint density at radius 1 is 1.67 bits per heavy atom. The van der Waals surface area contributed by atoms with Gasteiger partial charge in [-0.2, -0.15) is 16.9 Å². The molecular weight excluding hydrogens is 318 g/mol. The number of nitrogens with zero attached hydrogens (tertiary/aromatic N) is 2. The van der Waals surface area contributed by atoms with E-state index in [1.807, 2.05) is 0 Å². The Bertz CT molecular complexity index is 439. The molecule has 1 aromatic rings. The van der Waals surface area contributed by atoms with Crippen LogP contribution in [0.5, 0.6) is 0 Å². The number of anilines is 1. The molecule has 7 heteroatoms. The van der Waals surface area contributed by atoms with Gasteiger partial charge in [-0.05, 0) is 41.3 Å². The molecule has 1 atom stereocenters. The van der Waals surface area contributed by atoms with Gasteiger partial charge in [-0.25, -0.2) is 4.68 Å². The van der Waals surface area contributed by atoms with Crippen LogP contribution in [0.25, 0.3) is 0 Å². The fourth-order valence-corrected chi connectivity index (χ4v) is 2.46. The fraction of sp³-hybridized carbons (Fsp3) is 0.636. The normalized spacial score (nSPS) is 12.4. The number of halogens is 1. The highest BCUT2D eigenvalue weighted by molar-refractivity contribution is 9.10. The highest BCUT2D eigenvalue weighted by atomic mass is 79.9. The molecule has 0 spiro atoms. The van der Waals surface area contributed by atoms with E-state index in [1.54, 1.807) is 18.0 Å². The molecule has 0 saturated carbocycles. The number of hydrogen-bond acceptors (Lipinski definition) is 5. The lowest BCUT2D eigenvalue weighted by molar-refractivity contribution is 0.266. The van der Waals surface area contributed by atoms with Crippen LogP contribution >= 0.6 is 27.7 Å². The van der Waals surface area contributed by atoms with Crippen molar-refractivity contribution in [1.82, 2.24) is 9.78 Å². The Morgan fingerprint density at radius 2 is 2.39 bits per heavy atom. The van der Waals surface area contributed by atoms with Gasteiger partial charge in [0.25, 0.3) is 5.56 Å². The summed E-state index contributed by atoms with van der Waals surface area (Å²) in [6, 6.07) is 0.281. The molecule has 0 aliphatic heterocycles. The molecule has 0 aliphatic carbocycles. The Balaban J connectivity index is 2.79. The maximum atomic E-state index is 11.9. The van der Waals surface area contributed by atoms with Crippen molar-refractivity contribution in [3.05, 3.63) is 21.0 Å². The molecule has 5 nitrogen and oxygen atoms in total. The number of nitrogens with one attached hydrogen (secondary N) is 1. The van der Waals surface area contributed by atoms with Gasteiger partial charge in [0, 0.05) is 6.04 Å². The summed E-state index contributed by atoms with van der Waals surface area (Å²) < 4.78 is 1.70. The molecular formula is C11H18BrN3O2S. The van der Waals surface area contributed by atoms with Crippen molar-refractivity contribution in [2.75, 3.05) is 23.9 Å². The van der Waals surface area contributed by atoms with Gasteiger partial charge in [-0.15, -0.1) is 0 Å². The average molecular weight is 336 g/mol. The van der Waals surface area contributed by atoms with Gasteiger partial charge in [-0.1, -0.05) is 0 Å². The van der Waals surface area contributed by atoms with Crippen molar-refractivity contribution in [2.24, 2.45) is 0 Å². The van der Waals surface area contributed by atoms with Crippen molar-refractivity contribution in [1.29, 1.82) is 0 Å². The minimum absolute atomic E-state index is 0.101. The summed E-state index contributed by atoms with van der Waals surface area (Å²) in [4.78, 5) is 11.9. The van der Waals surface area contributed by atoms with Gasteiger partial charge in [0.15, 0.2) is 0 Å². The van der Waals surface area contributed by atoms with Gasteiger partial charge in [0.1, 0.15) is 4.47 Å². The van der Waals surface area contributed by atoms with E-state index < -0.39 is 0 Å². The number of thioether (sulfide) groups is 1. The third-order valence-corrected chi connectivity index (χ3v) is 3.86. The standard InChI is InChI=1S/C11H18BrN3O2S/c1-8(3-6-18-2)14-9-7-13-15(4-5-16)11(17)10(9)12/h7-8,14,16H,3-6H2,1-2H3. The second-order valence-corrected chi connectivity index (χ2v) is 5.73. The highest BCUT2D eigenvalue weighted by Crippen LogP contribution is 2.18. The summed E-state index contributed by atoms with van der Waals surface area (Å²) in [7, 11) is 0. The predicted molar refractivity (Wildman–Crippen MR) is 79.4 cm³/mol. The van der Waals surface area contributed by atoms with Crippen molar-refractivity contribution < 1.29 is 5.11 Å². The number of rotatable bonds is 7. The van der Waals surface area contributed by atoms with Crippen LogP contribution < -0.4 is 10.9 Å². The Labute approximate surface area is 119 Å². The number of aromatic nitrogens is 2. The third-order valence-electron chi connectivity index (χ3n) is 2.45. The zero-order valence-electron chi connectivity index (χ0n) is 10.5.